The molecule has 1 saturated heterocycles. The van der Waals surface area contributed by atoms with Crippen molar-refractivity contribution in [2.24, 2.45) is 0 Å². The third-order valence-corrected chi connectivity index (χ3v) is 5.92. The number of hydrogen-bond acceptors (Lipinski definition) is 6. The zero-order valence-electron chi connectivity index (χ0n) is 17.2. The van der Waals surface area contributed by atoms with Gasteiger partial charge in [0.05, 0.1) is 18.9 Å². The molecule has 5 rings (SSSR count). The first-order chi connectivity index (χ1) is 15.2. The Labute approximate surface area is 180 Å². The van der Waals surface area contributed by atoms with Crippen LogP contribution in [0.3, 0.4) is 0 Å². The maximum Gasteiger partial charge on any atom is 0.149 e. The van der Waals surface area contributed by atoms with Gasteiger partial charge in [-0.15, -0.1) is 0 Å². The van der Waals surface area contributed by atoms with Gasteiger partial charge >= 0.3 is 0 Å². The van der Waals surface area contributed by atoms with E-state index in [1.165, 1.54) is 12.2 Å². The molecule has 162 valence electrons. The number of alkyl halides is 1. The van der Waals surface area contributed by atoms with Crippen LogP contribution in [0.1, 0.15) is 6.42 Å². The summed E-state index contributed by atoms with van der Waals surface area (Å²) in [5, 5.41) is 3.30. The minimum Gasteiger partial charge on any atom is -0.378 e. The van der Waals surface area contributed by atoms with E-state index >= 15 is 0 Å². The van der Waals surface area contributed by atoms with Crippen LogP contribution in [0, 0.1) is 0 Å². The summed E-state index contributed by atoms with van der Waals surface area (Å²) in [5.74, 6) is 1.34. The predicted octanol–water partition coefficient (Wildman–Crippen LogP) is 3.73. The van der Waals surface area contributed by atoms with Gasteiger partial charge in [0.25, 0.3) is 0 Å². The smallest absolute Gasteiger partial charge is 0.149 e. The Morgan fingerprint density at radius 2 is 1.94 bits per heavy atom. The van der Waals surface area contributed by atoms with Gasteiger partial charge in [-0.2, -0.15) is 0 Å². The van der Waals surface area contributed by atoms with Crippen LogP contribution in [0.5, 0.6) is 0 Å². The average molecular weight is 425 g/mol. The molecular formula is C23H25F2N5O. The third kappa shape index (κ3) is 4.25. The van der Waals surface area contributed by atoms with Gasteiger partial charge < -0.3 is 19.9 Å². The Morgan fingerprint density at radius 3 is 2.74 bits per heavy atom. The summed E-state index contributed by atoms with van der Waals surface area (Å²) in [7, 11) is 0. The summed E-state index contributed by atoms with van der Waals surface area (Å²) in [6.45, 7) is 4.87. The fourth-order valence-electron chi connectivity index (χ4n) is 4.18. The van der Waals surface area contributed by atoms with Crippen LogP contribution in [0.2, 0.25) is 0 Å². The Hall–Kier alpha value is -3.00. The van der Waals surface area contributed by atoms with Crippen molar-refractivity contribution in [3.8, 4) is 11.1 Å². The molecule has 31 heavy (non-hydrogen) atoms. The molecule has 1 N–H and O–H groups in total. The van der Waals surface area contributed by atoms with Crippen molar-refractivity contribution in [3.05, 3.63) is 54.1 Å². The maximum atomic E-state index is 14.3. The van der Waals surface area contributed by atoms with E-state index in [1.54, 1.807) is 0 Å². The van der Waals surface area contributed by atoms with Gasteiger partial charge in [-0.05, 0) is 35.9 Å². The Morgan fingerprint density at radius 1 is 1.10 bits per heavy atom. The molecule has 0 saturated carbocycles. The van der Waals surface area contributed by atoms with Crippen LogP contribution in [0.4, 0.5) is 26.1 Å². The van der Waals surface area contributed by atoms with E-state index in [4.69, 9.17) is 4.74 Å². The molecule has 0 amide bonds. The second-order valence-electron chi connectivity index (χ2n) is 7.96. The van der Waals surface area contributed by atoms with Crippen LogP contribution in [0.15, 0.2) is 54.1 Å². The van der Waals surface area contributed by atoms with Gasteiger partial charge in [-0.1, -0.05) is 0 Å². The molecule has 2 aromatic heterocycles. The molecule has 0 spiro atoms. The first kappa shape index (κ1) is 19.9. The molecule has 1 unspecified atom stereocenters. The van der Waals surface area contributed by atoms with Gasteiger partial charge in [-0.25, -0.2) is 18.7 Å². The lowest BCUT2D eigenvalue weighted by Gasteiger charge is -2.33. The van der Waals surface area contributed by atoms with E-state index in [0.29, 0.717) is 25.2 Å². The number of fused-ring (bicyclic) bond motifs is 1. The predicted molar refractivity (Wildman–Crippen MR) is 118 cm³/mol. The lowest BCUT2D eigenvalue weighted by Crippen LogP contribution is -2.37. The monoisotopic (exact) mass is 425 g/mol. The van der Waals surface area contributed by atoms with E-state index in [0.717, 1.165) is 54.8 Å². The van der Waals surface area contributed by atoms with Crippen molar-refractivity contribution >= 4 is 17.3 Å². The largest absolute Gasteiger partial charge is 0.378 e. The number of aromatic nitrogens is 2. The number of halogens is 2. The first-order valence-corrected chi connectivity index (χ1v) is 10.7. The zero-order chi connectivity index (χ0) is 21.2. The number of ether oxygens (including phenoxy) is 1. The zero-order valence-corrected chi connectivity index (χ0v) is 17.2. The van der Waals surface area contributed by atoms with E-state index in [-0.39, 0.29) is 12.2 Å². The van der Waals surface area contributed by atoms with Crippen molar-refractivity contribution < 1.29 is 13.5 Å². The molecule has 0 radical (unpaired) electrons. The summed E-state index contributed by atoms with van der Waals surface area (Å²) in [5.41, 5.74) is 3.26. The van der Waals surface area contributed by atoms with Crippen LogP contribution in [-0.2, 0) is 4.74 Å². The van der Waals surface area contributed by atoms with Gasteiger partial charge in [0.2, 0.25) is 0 Å². The normalized spacial score (nSPS) is 21.2. The summed E-state index contributed by atoms with van der Waals surface area (Å²) < 4.78 is 33.4. The van der Waals surface area contributed by atoms with E-state index in [2.05, 4.69) is 25.1 Å². The highest BCUT2D eigenvalue weighted by atomic mass is 19.1. The molecule has 1 fully saturated rings. The molecule has 1 atom stereocenters. The van der Waals surface area contributed by atoms with Gasteiger partial charge in [0, 0.05) is 62.7 Å². The van der Waals surface area contributed by atoms with Crippen molar-refractivity contribution in [1.29, 1.82) is 0 Å². The summed E-state index contributed by atoms with van der Waals surface area (Å²) in [6, 6.07) is 6.11. The quantitative estimate of drug-likeness (QED) is 0.806. The topological polar surface area (TPSA) is 53.5 Å². The Balaban J connectivity index is 1.38. The second kappa shape index (κ2) is 8.63. The molecule has 0 bridgehead atoms. The Kier molecular flexibility index (Phi) is 5.55. The molecule has 2 aromatic rings. The van der Waals surface area contributed by atoms with E-state index < -0.39 is 6.17 Å². The van der Waals surface area contributed by atoms with Crippen LogP contribution >= 0.6 is 0 Å². The van der Waals surface area contributed by atoms with Crippen LogP contribution in [-0.4, -0.2) is 62.1 Å². The molecule has 4 heterocycles. The number of nitrogens with one attached hydrogen (secondary N) is 1. The number of hydrogen-bond donors (Lipinski definition) is 1. The van der Waals surface area contributed by atoms with Crippen molar-refractivity contribution in [3.63, 3.8) is 0 Å². The highest BCUT2D eigenvalue weighted by Gasteiger charge is 2.24. The summed E-state index contributed by atoms with van der Waals surface area (Å²) >= 11 is 0. The standard InChI is InChI=1S/C23H25F2N5O/c24-19-2-3-20(25)18(11-19)15-30-6-5-26-23-21(30)12-17(14-28-23)16-1-4-22(27-13-16)29-7-9-31-10-8-29/h1-2,4,11-14,20H,3,5-10,15H2,(H,26,28). The molecule has 3 aliphatic rings. The molecule has 2 aliphatic heterocycles. The number of rotatable bonds is 4. The lowest BCUT2D eigenvalue weighted by molar-refractivity contribution is 0.122. The van der Waals surface area contributed by atoms with E-state index in [9.17, 15) is 8.78 Å². The highest BCUT2D eigenvalue weighted by Crippen LogP contribution is 2.33. The highest BCUT2D eigenvalue weighted by molar-refractivity contribution is 5.76. The fraction of sp³-hybridized carbons (Fsp3) is 0.391. The van der Waals surface area contributed by atoms with Gasteiger partial charge in [0.1, 0.15) is 23.6 Å². The Bertz CT molecular complexity index is 1000. The number of pyridine rings is 2. The van der Waals surface area contributed by atoms with Crippen molar-refractivity contribution in [2.45, 2.75) is 12.6 Å². The van der Waals surface area contributed by atoms with Crippen LogP contribution < -0.4 is 15.1 Å². The minimum absolute atomic E-state index is 0.0933. The molecule has 8 heteroatoms. The molecule has 0 aromatic carbocycles. The average Bonchev–Trinajstić information content (AvgIpc) is 2.82. The second-order valence-corrected chi connectivity index (χ2v) is 7.96. The maximum absolute atomic E-state index is 14.3. The molecular weight excluding hydrogens is 400 g/mol. The molecule has 6 nitrogen and oxygen atoms in total. The summed E-state index contributed by atoms with van der Waals surface area (Å²) in [6.07, 6.45) is 5.24. The fourth-order valence-corrected chi connectivity index (χ4v) is 4.18. The lowest BCUT2D eigenvalue weighted by atomic mass is 10.0. The number of morpholine rings is 1. The van der Waals surface area contributed by atoms with Gasteiger partial charge in [0.15, 0.2) is 0 Å². The molecule has 1 aliphatic carbocycles. The van der Waals surface area contributed by atoms with E-state index in [1.807, 2.05) is 30.6 Å². The van der Waals surface area contributed by atoms with Crippen LogP contribution in [0.25, 0.3) is 11.1 Å². The van der Waals surface area contributed by atoms with Crippen molar-refractivity contribution in [1.82, 2.24) is 9.97 Å². The number of nitrogens with zero attached hydrogens (tertiary/aromatic N) is 4. The number of allylic oxidation sites excluding steroid dienone is 3. The third-order valence-electron chi connectivity index (χ3n) is 5.92. The summed E-state index contributed by atoms with van der Waals surface area (Å²) in [4.78, 5) is 13.5. The first-order valence-electron chi connectivity index (χ1n) is 10.7. The van der Waals surface area contributed by atoms with Gasteiger partial charge in [-0.3, -0.25) is 0 Å². The SMILES string of the molecule is FC1=CCC(F)C(CN2CCNc3ncc(-c4ccc(N5CCOCC5)nc4)cc32)=C1. The van der Waals surface area contributed by atoms with Crippen molar-refractivity contribution in [2.75, 3.05) is 61.1 Å². The minimum atomic E-state index is -1.15. The number of anilines is 3.